The van der Waals surface area contributed by atoms with Crippen molar-refractivity contribution < 1.29 is 14.2 Å². The van der Waals surface area contributed by atoms with Crippen molar-refractivity contribution in [3.63, 3.8) is 0 Å². The maximum atomic E-state index is 6.16. The molecule has 2 aliphatic heterocycles. The minimum absolute atomic E-state index is 0. The Morgan fingerprint density at radius 3 is 2.84 bits per heavy atom. The largest absolute Gasteiger partial charge is 0.493 e. The summed E-state index contributed by atoms with van der Waals surface area (Å²) in [5.41, 5.74) is 2.33. The molecule has 2 atom stereocenters. The molecule has 3 rings (SSSR count). The fraction of sp³-hybridized carbons (Fsp3) is 0.708. The first-order valence-electron chi connectivity index (χ1n) is 11.6. The predicted octanol–water partition coefficient (Wildman–Crippen LogP) is 3.05. The van der Waals surface area contributed by atoms with E-state index in [9.17, 15) is 0 Å². The number of hydrogen-bond acceptors (Lipinski definition) is 5. The lowest BCUT2D eigenvalue weighted by atomic mass is 10.1. The topological polar surface area (TPSA) is 67.4 Å². The van der Waals surface area contributed by atoms with Crippen molar-refractivity contribution in [2.24, 2.45) is 16.8 Å². The third-order valence-electron chi connectivity index (χ3n) is 5.73. The molecule has 0 bridgehead atoms. The summed E-state index contributed by atoms with van der Waals surface area (Å²) in [5, 5.41) is 6.84. The first-order chi connectivity index (χ1) is 15.0. The van der Waals surface area contributed by atoms with Gasteiger partial charge < -0.3 is 24.8 Å². The minimum atomic E-state index is 0. The summed E-state index contributed by atoms with van der Waals surface area (Å²) < 4.78 is 17.6. The van der Waals surface area contributed by atoms with Crippen LogP contribution in [0, 0.1) is 18.8 Å². The van der Waals surface area contributed by atoms with Gasteiger partial charge in [-0.3, -0.25) is 9.89 Å². The lowest BCUT2D eigenvalue weighted by Crippen LogP contribution is -2.50. The van der Waals surface area contributed by atoms with E-state index in [1.54, 1.807) is 7.05 Å². The number of halogens is 1. The molecule has 2 N–H and O–H groups in total. The quantitative estimate of drug-likeness (QED) is 0.275. The molecule has 2 fully saturated rings. The zero-order valence-electron chi connectivity index (χ0n) is 20.1. The first kappa shape index (κ1) is 27.1. The molecule has 182 valence electrons. The average molecular weight is 561 g/mol. The number of aliphatic imine (C=N–C) groups is 1. The Morgan fingerprint density at radius 1 is 1.28 bits per heavy atom. The van der Waals surface area contributed by atoms with Crippen LogP contribution in [0.4, 0.5) is 0 Å². The van der Waals surface area contributed by atoms with Crippen molar-refractivity contribution in [3.05, 3.63) is 29.3 Å². The van der Waals surface area contributed by atoms with Crippen LogP contribution in [0.2, 0.25) is 0 Å². The van der Waals surface area contributed by atoms with Gasteiger partial charge in [0.15, 0.2) is 5.96 Å². The van der Waals surface area contributed by atoms with E-state index in [4.69, 9.17) is 14.2 Å². The molecular weight excluding hydrogens is 519 g/mol. The van der Waals surface area contributed by atoms with Crippen LogP contribution in [0.3, 0.4) is 0 Å². The van der Waals surface area contributed by atoms with Crippen LogP contribution >= 0.6 is 24.0 Å². The molecule has 0 radical (unpaired) electrons. The molecule has 32 heavy (non-hydrogen) atoms. The van der Waals surface area contributed by atoms with Gasteiger partial charge in [-0.15, -0.1) is 24.0 Å². The van der Waals surface area contributed by atoms with E-state index in [0.717, 1.165) is 69.7 Å². The second-order valence-electron chi connectivity index (χ2n) is 9.10. The van der Waals surface area contributed by atoms with Gasteiger partial charge in [-0.25, -0.2) is 0 Å². The summed E-state index contributed by atoms with van der Waals surface area (Å²) in [6.45, 7) is 14.3. The zero-order chi connectivity index (χ0) is 22.1. The molecule has 2 unspecified atom stereocenters. The molecule has 0 amide bonds. The number of benzene rings is 1. The van der Waals surface area contributed by atoms with Gasteiger partial charge in [0.25, 0.3) is 0 Å². The average Bonchev–Trinajstić information content (AvgIpc) is 3.27. The zero-order valence-corrected chi connectivity index (χ0v) is 22.4. The third kappa shape index (κ3) is 9.03. The SMILES string of the molecule is CN=C(NCc1ccc(C)cc1OCC1CCOC1)NCC1CN(CC(C)C)CCO1.I. The second kappa shape index (κ2) is 14.2. The van der Waals surface area contributed by atoms with Crippen molar-refractivity contribution in [2.45, 2.75) is 39.8 Å². The Labute approximate surface area is 210 Å². The summed E-state index contributed by atoms with van der Waals surface area (Å²) in [6.07, 6.45) is 1.26. The van der Waals surface area contributed by atoms with Crippen molar-refractivity contribution in [2.75, 3.05) is 59.7 Å². The number of rotatable bonds is 9. The van der Waals surface area contributed by atoms with E-state index >= 15 is 0 Å². The van der Waals surface area contributed by atoms with Gasteiger partial charge in [0.2, 0.25) is 0 Å². The number of hydrogen-bond donors (Lipinski definition) is 2. The van der Waals surface area contributed by atoms with Gasteiger partial charge in [-0.05, 0) is 30.9 Å². The molecule has 1 aromatic rings. The van der Waals surface area contributed by atoms with Crippen LogP contribution < -0.4 is 15.4 Å². The molecule has 2 heterocycles. The highest BCUT2D eigenvalue weighted by Crippen LogP contribution is 2.22. The Morgan fingerprint density at radius 2 is 2.12 bits per heavy atom. The van der Waals surface area contributed by atoms with Crippen molar-refractivity contribution in [3.8, 4) is 5.75 Å². The first-order valence-corrected chi connectivity index (χ1v) is 11.6. The molecule has 0 spiro atoms. The van der Waals surface area contributed by atoms with Gasteiger partial charge in [0.05, 0.1) is 25.9 Å². The van der Waals surface area contributed by atoms with Gasteiger partial charge in [-0.1, -0.05) is 26.0 Å². The summed E-state index contributed by atoms with van der Waals surface area (Å²) >= 11 is 0. The van der Waals surface area contributed by atoms with Crippen LogP contribution in [-0.4, -0.2) is 76.6 Å². The number of guanidine groups is 1. The third-order valence-corrected chi connectivity index (χ3v) is 5.73. The number of nitrogens with zero attached hydrogens (tertiary/aromatic N) is 2. The smallest absolute Gasteiger partial charge is 0.191 e. The highest BCUT2D eigenvalue weighted by molar-refractivity contribution is 14.0. The van der Waals surface area contributed by atoms with Crippen molar-refractivity contribution >= 4 is 29.9 Å². The summed E-state index contributed by atoms with van der Waals surface area (Å²) in [6, 6.07) is 6.37. The van der Waals surface area contributed by atoms with E-state index < -0.39 is 0 Å². The summed E-state index contributed by atoms with van der Waals surface area (Å²) in [5.74, 6) is 2.88. The Bertz CT molecular complexity index is 710. The van der Waals surface area contributed by atoms with Crippen molar-refractivity contribution in [1.82, 2.24) is 15.5 Å². The fourth-order valence-electron chi connectivity index (χ4n) is 4.06. The van der Waals surface area contributed by atoms with Crippen LogP contribution in [0.5, 0.6) is 5.75 Å². The number of nitrogens with one attached hydrogen (secondary N) is 2. The standard InChI is InChI=1S/C24H40N4O3.HI/c1-18(2)14-28-8-10-30-22(15-28)13-27-24(25-4)26-12-21-6-5-19(3)11-23(21)31-17-20-7-9-29-16-20;/h5-6,11,18,20,22H,7-10,12-17H2,1-4H3,(H2,25,26,27);1H. The maximum absolute atomic E-state index is 6.16. The summed E-state index contributed by atoms with van der Waals surface area (Å²) in [4.78, 5) is 6.87. The highest BCUT2D eigenvalue weighted by Gasteiger charge is 2.21. The van der Waals surface area contributed by atoms with E-state index in [2.05, 4.69) is 59.5 Å². The minimum Gasteiger partial charge on any atom is -0.493 e. The summed E-state index contributed by atoms with van der Waals surface area (Å²) in [7, 11) is 1.80. The lowest BCUT2D eigenvalue weighted by Gasteiger charge is -2.34. The van der Waals surface area contributed by atoms with E-state index in [-0.39, 0.29) is 30.1 Å². The van der Waals surface area contributed by atoms with Gasteiger partial charge >= 0.3 is 0 Å². The lowest BCUT2D eigenvalue weighted by molar-refractivity contribution is -0.0284. The fourth-order valence-corrected chi connectivity index (χ4v) is 4.06. The molecule has 0 aromatic heterocycles. The number of aryl methyl sites for hydroxylation is 1. The molecular formula is C24H41IN4O3. The Hall–Kier alpha value is -1.10. The highest BCUT2D eigenvalue weighted by atomic mass is 127. The van der Waals surface area contributed by atoms with Gasteiger partial charge in [0.1, 0.15) is 5.75 Å². The predicted molar refractivity (Wildman–Crippen MR) is 140 cm³/mol. The monoisotopic (exact) mass is 560 g/mol. The van der Waals surface area contributed by atoms with Gasteiger partial charge in [0, 0.05) is 57.9 Å². The van der Waals surface area contributed by atoms with Crippen LogP contribution in [-0.2, 0) is 16.0 Å². The molecule has 2 aliphatic rings. The number of morpholine rings is 1. The number of ether oxygens (including phenoxy) is 3. The molecule has 1 aromatic carbocycles. The van der Waals surface area contributed by atoms with Crippen LogP contribution in [0.15, 0.2) is 23.2 Å². The van der Waals surface area contributed by atoms with Crippen molar-refractivity contribution in [1.29, 1.82) is 0 Å². The maximum Gasteiger partial charge on any atom is 0.191 e. The normalized spacial score (nSPS) is 22.0. The van der Waals surface area contributed by atoms with Crippen LogP contribution in [0.1, 0.15) is 31.4 Å². The van der Waals surface area contributed by atoms with E-state index in [1.165, 1.54) is 5.56 Å². The van der Waals surface area contributed by atoms with Crippen LogP contribution in [0.25, 0.3) is 0 Å². The second-order valence-corrected chi connectivity index (χ2v) is 9.10. The molecule has 0 aliphatic carbocycles. The van der Waals surface area contributed by atoms with E-state index in [1.807, 2.05) is 0 Å². The molecule has 8 heteroatoms. The molecule has 2 saturated heterocycles. The molecule has 0 saturated carbocycles. The Balaban J connectivity index is 0.00000363. The molecule has 7 nitrogen and oxygen atoms in total. The van der Waals surface area contributed by atoms with E-state index in [0.29, 0.717) is 25.0 Å². The Kier molecular flexibility index (Phi) is 12.1. The van der Waals surface area contributed by atoms with Gasteiger partial charge in [-0.2, -0.15) is 0 Å².